The molecule has 1 aliphatic rings. The Balaban J connectivity index is 2.35. The molecule has 1 fully saturated rings. The van der Waals surface area contributed by atoms with Crippen LogP contribution in [0.5, 0.6) is 0 Å². The third-order valence-corrected chi connectivity index (χ3v) is 3.30. The van der Waals surface area contributed by atoms with Gasteiger partial charge in [-0.15, -0.1) is 0 Å². The molecule has 0 aromatic carbocycles. The fourth-order valence-electron chi connectivity index (χ4n) is 2.42. The highest BCUT2D eigenvalue weighted by Crippen LogP contribution is 2.30. The molecule has 1 saturated carbocycles. The topological polar surface area (TPSA) is 40.5 Å². The largest absolute Gasteiger partial charge is 0.396 e. The smallest absolute Gasteiger partial charge is 0.0462 e. The predicted molar refractivity (Wildman–Crippen MR) is 53.5 cm³/mol. The minimum atomic E-state index is 0.224. The summed E-state index contributed by atoms with van der Waals surface area (Å²) >= 11 is 0. The van der Waals surface area contributed by atoms with Crippen molar-refractivity contribution in [3.8, 4) is 0 Å². The van der Waals surface area contributed by atoms with Gasteiger partial charge in [0.25, 0.3) is 0 Å². The summed E-state index contributed by atoms with van der Waals surface area (Å²) in [5.74, 6) is 1.02. The maximum Gasteiger partial charge on any atom is 0.0462 e. The molecule has 13 heavy (non-hydrogen) atoms. The number of hydrogen-bond donors (Lipinski definition) is 2. The van der Waals surface area contributed by atoms with Gasteiger partial charge in [0, 0.05) is 13.2 Å². The van der Waals surface area contributed by atoms with Crippen LogP contribution < -0.4 is 0 Å². The molecule has 0 amide bonds. The average Bonchev–Trinajstić information content (AvgIpc) is 2.42. The zero-order valence-electron chi connectivity index (χ0n) is 8.41. The SMILES string of the molecule is OCCC(CO)C1CCCCCC1. The molecule has 0 radical (unpaired) electrons. The Morgan fingerprint density at radius 1 is 1.00 bits per heavy atom. The number of aliphatic hydroxyl groups excluding tert-OH is 2. The maximum absolute atomic E-state index is 9.19. The van der Waals surface area contributed by atoms with Gasteiger partial charge in [-0.3, -0.25) is 0 Å². The Bertz CT molecular complexity index is 117. The molecule has 1 atom stereocenters. The summed E-state index contributed by atoms with van der Waals surface area (Å²) in [5.41, 5.74) is 0. The predicted octanol–water partition coefficient (Wildman–Crippen LogP) is 1.95. The average molecular weight is 186 g/mol. The third kappa shape index (κ3) is 3.65. The van der Waals surface area contributed by atoms with E-state index in [9.17, 15) is 5.11 Å². The fourth-order valence-corrected chi connectivity index (χ4v) is 2.42. The van der Waals surface area contributed by atoms with Crippen LogP contribution >= 0.6 is 0 Å². The van der Waals surface area contributed by atoms with Crippen molar-refractivity contribution in [1.82, 2.24) is 0 Å². The number of hydrogen-bond acceptors (Lipinski definition) is 2. The molecular formula is C11H22O2. The molecule has 0 saturated heterocycles. The summed E-state index contributed by atoms with van der Waals surface area (Å²) in [5, 5.41) is 18.0. The normalized spacial score (nSPS) is 22.6. The molecule has 2 nitrogen and oxygen atoms in total. The Hall–Kier alpha value is -0.0800. The van der Waals surface area contributed by atoms with E-state index >= 15 is 0 Å². The van der Waals surface area contributed by atoms with E-state index in [1.807, 2.05) is 0 Å². The van der Waals surface area contributed by atoms with Gasteiger partial charge in [0.2, 0.25) is 0 Å². The molecular weight excluding hydrogens is 164 g/mol. The van der Waals surface area contributed by atoms with Gasteiger partial charge in [0.15, 0.2) is 0 Å². The van der Waals surface area contributed by atoms with Crippen molar-refractivity contribution in [3.63, 3.8) is 0 Å². The van der Waals surface area contributed by atoms with Crippen LogP contribution in [0.15, 0.2) is 0 Å². The van der Waals surface area contributed by atoms with Crippen LogP contribution in [-0.4, -0.2) is 23.4 Å². The molecule has 78 valence electrons. The molecule has 0 aromatic heterocycles. The van der Waals surface area contributed by atoms with Crippen LogP contribution in [0.2, 0.25) is 0 Å². The summed E-state index contributed by atoms with van der Waals surface area (Å²) in [6.07, 6.45) is 8.62. The molecule has 2 N–H and O–H groups in total. The zero-order chi connectivity index (χ0) is 9.52. The molecule has 2 heteroatoms. The second kappa shape index (κ2) is 6.39. The Morgan fingerprint density at radius 3 is 2.08 bits per heavy atom. The van der Waals surface area contributed by atoms with E-state index in [-0.39, 0.29) is 13.2 Å². The second-order valence-electron chi connectivity index (χ2n) is 4.21. The molecule has 0 bridgehead atoms. The van der Waals surface area contributed by atoms with Crippen molar-refractivity contribution >= 4 is 0 Å². The van der Waals surface area contributed by atoms with E-state index in [0.29, 0.717) is 11.8 Å². The van der Waals surface area contributed by atoms with Gasteiger partial charge in [-0.2, -0.15) is 0 Å². The van der Waals surface area contributed by atoms with Crippen molar-refractivity contribution < 1.29 is 10.2 Å². The van der Waals surface area contributed by atoms with Crippen LogP contribution in [0.1, 0.15) is 44.9 Å². The standard InChI is InChI=1S/C11H22O2/c12-8-7-11(9-13)10-5-3-1-2-4-6-10/h10-13H,1-9H2. The maximum atomic E-state index is 9.19. The Morgan fingerprint density at radius 2 is 1.62 bits per heavy atom. The van der Waals surface area contributed by atoms with E-state index in [2.05, 4.69) is 0 Å². The van der Waals surface area contributed by atoms with Gasteiger partial charge < -0.3 is 10.2 Å². The van der Waals surface area contributed by atoms with Gasteiger partial charge >= 0.3 is 0 Å². The van der Waals surface area contributed by atoms with Crippen LogP contribution in [0.25, 0.3) is 0 Å². The van der Waals surface area contributed by atoms with Crippen LogP contribution in [0.3, 0.4) is 0 Å². The first-order chi connectivity index (χ1) is 6.38. The minimum Gasteiger partial charge on any atom is -0.396 e. The Kier molecular flexibility index (Phi) is 5.40. The number of aliphatic hydroxyl groups is 2. The molecule has 0 spiro atoms. The van der Waals surface area contributed by atoms with Crippen LogP contribution in [0.4, 0.5) is 0 Å². The molecule has 0 aromatic rings. The van der Waals surface area contributed by atoms with E-state index in [1.54, 1.807) is 0 Å². The summed E-state index contributed by atoms with van der Waals surface area (Å²) in [4.78, 5) is 0. The van der Waals surface area contributed by atoms with Crippen molar-refractivity contribution in [1.29, 1.82) is 0 Å². The quantitative estimate of drug-likeness (QED) is 0.659. The lowest BCUT2D eigenvalue weighted by atomic mass is 9.85. The lowest BCUT2D eigenvalue weighted by Crippen LogP contribution is -2.19. The first kappa shape index (κ1) is 11.0. The van der Waals surface area contributed by atoms with Crippen molar-refractivity contribution in [2.24, 2.45) is 11.8 Å². The van der Waals surface area contributed by atoms with Gasteiger partial charge in [-0.05, 0) is 18.3 Å². The second-order valence-corrected chi connectivity index (χ2v) is 4.21. The lowest BCUT2D eigenvalue weighted by Gasteiger charge is -2.23. The Labute approximate surface area is 81.0 Å². The highest BCUT2D eigenvalue weighted by atomic mass is 16.3. The molecule has 0 aliphatic heterocycles. The van der Waals surface area contributed by atoms with Crippen LogP contribution in [-0.2, 0) is 0 Å². The highest BCUT2D eigenvalue weighted by Gasteiger charge is 2.21. The summed E-state index contributed by atoms with van der Waals surface area (Å²) < 4.78 is 0. The molecule has 0 heterocycles. The first-order valence-electron chi connectivity index (χ1n) is 5.60. The van der Waals surface area contributed by atoms with E-state index in [1.165, 1.54) is 38.5 Å². The fraction of sp³-hybridized carbons (Fsp3) is 1.00. The van der Waals surface area contributed by atoms with E-state index < -0.39 is 0 Å². The molecule has 1 unspecified atom stereocenters. The first-order valence-corrected chi connectivity index (χ1v) is 5.60. The zero-order valence-corrected chi connectivity index (χ0v) is 8.41. The van der Waals surface area contributed by atoms with Gasteiger partial charge in [0.05, 0.1) is 0 Å². The summed E-state index contributed by atoms with van der Waals surface area (Å²) in [6.45, 7) is 0.479. The van der Waals surface area contributed by atoms with Crippen molar-refractivity contribution in [3.05, 3.63) is 0 Å². The summed E-state index contributed by atoms with van der Waals surface area (Å²) in [7, 11) is 0. The van der Waals surface area contributed by atoms with Gasteiger partial charge in [0.1, 0.15) is 0 Å². The number of rotatable bonds is 4. The molecule has 1 aliphatic carbocycles. The van der Waals surface area contributed by atoms with Gasteiger partial charge in [-0.1, -0.05) is 38.5 Å². The molecule has 1 rings (SSSR count). The third-order valence-electron chi connectivity index (χ3n) is 3.30. The lowest BCUT2D eigenvalue weighted by molar-refractivity contribution is 0.131. The van der Waals surface area contributed by atoms with E-state index in [4.69, 9.17) is 5.11 Å². The van der Waals surface area contributed by atoms with Crippen LogP contribution in [0, 0.1) is 11.8 Å². The van der Waals surface area contributed by atoms with Crippen molar-refractivity contribution in [2.75, 3.05) is 13.2 Å². The monoisotopic (exact) mass is 186 g/mol. The summed E-state index contributed by atoms with van der Waals surface area (Å²) in [6, 6.07) is 0. The highest BCUT2D eigenvalue weighted by molar-refractivity contribution is 4.72. The van der Waals surface area contributed by atoms with E-state index in [0.717, 1.165) is 6.42 Å². The minimum absolute atomic E-state index is 0.224. The van der Waals surface area contributed by atoms with Crippen molar-refractivity contribution in [2.45, 2.75) is 44.9 Å². The van der Waals surface area contributed by atoms with Gasteiger partial charge in [-0.25, -0.2) is 0 Å².